The van der Waals surface area contributed by atoms with Crippen LogP contribution in [0.25, 0.3) is 0 Å². The molecule has 9 nitrogen and oxygen atoms in total. The molecule has 6 unspecified atom stereocenters. The first-order chi connectivity index (χ1) is 19.9. The second-order valence-electron chi connectivity index (χ2n) is 11.8. The second kappa shape index (κ2) is 13.9. The number of piperidine rings is 1. The highest BCUT2D eigenvalue weighted by atomic mass is 32.3. The Hall–Kier alpha value is -0.800. The van der Waals surface area contributed by atoms with Crippen LogP contribution in [-0.2, 0) is 19.3 Å². The summed E-state index contributed by atoms with van der Waals surface area (Å²) in [4.78, 5) is 0. The number of nitrogens with zero attached hydrogens (tertiary/aromatic N) is 1. The Labute approximate surface area is 245 Å². The Morgan fingerprint density at radius 1 is 0.744 bits per heavy atom. The van der Waals surface area contributed by atoms with E-state index in [-0.39, 0.29) is 57.7 Å². The number of hydrogen-bond donors (Lipinski definition) is 5. The first-order valence-corrected chi connectivity index (χ1v) is 16.0. The molecular formula is C24H39F9N6O3S. The van der Waals surface area contributed by atoms with Crippen molar-refractivity contribution in [3.05, 3.63) is 0 Å². The van der Waals surface area contributed by atoms with E-state index in [0.29, 0.717) is 25.7 Å². The normalized spacial score (nSPS) is 35.9. The number of ether oxygens (including phenoxy) is 1. The Morgan fingerprint density at radius 2 is 1.30 bits per heavy atom. The van der Waals surface area contributed by atoms with Crippen molar-refractivity contribution in [2.75, 3.05) is 19.7 Å². The van der Waals surface area contributed by atoms with Gasteiger partial charge in [0.25, 0.3) is 0 Å². The van der Waals surface area contributed by atoms with E-state index in [2.05, 4.69) is 26.6 Å². The molecule has 0 aromatic carbocycles. The Balaban J connectivity index is 1.30. The lowest BCUT2D eigenvalue weighted by molar-refractivity contribution is -0.199. The van der Waals surface area contributed by atoms with Crippen molar-refractivity contribution in [1.82, 2.24) is 30.9 Å². The van der Waals surface area contributed by atoms with Crippen LogP contribution in [0.2, 0.25) is 0 Å². The lowest BCUT2D eigenvalue weighted by atomic mass is 9.85. The Kier molecular flexibility index (Phi) is 11.3. The maximum Gasteiger partial charge on any atom is 0.411 e. The van der Waals surface area contributed by atoms with Gasteiger partial charge in [0.2, 0.25) is 0 Å². The highest BCUT2D eigenvalue weighted by Crippen LogP contribution is 2.41. The molecule has 6 atom stereocenters. The predicted octanol–water partition coefficient (Wildman–Crippen LogP) is 3.63. The first-order valence-electron chi connectivity index (χ1n) is 14.5. The lowest BCUT2D eigenvalue weighted by Crippen LogP contribution is -2.76. The van der Waals surface area contributed by atoms with Crippen molar-refractivity contribution in [1.29, 1.82) is 0 Å². The highest BCUT2D eigenvalue weighted by Gasteiger charge is 2.48. The number of hydrogen-bond acceptors (Lipinski definition) is 8. The molecular weight excluding hydrogens is 623 g/mol. The molecule has 2 saturated carbocycles. The minimum Gasteiger partial charge on any atom is -0.597 e. The molecule has 0 amide bonds. The largest absolute Gasteiger partial charge is 0.597 e. The van der Waals surface area contributed by atoms with Gasteiger partial charge in [-0.05, 0) is 57.8 Å². The number of alkyl halides is 9. The highest BCUT2D eigenvalue weighted by molar-refractivity contribution is 7.96. The third-order valence-electron chi connectivity index (χ3n) is 8.70. The number of halogens is 9. The summed E-state index contributed by atoms with van der Waals surface area (Å²) in [7, 11) is -3.80. The van der Waals surface area contributed by atoms with E-state index < -0.39 is 77.6 Å². The van der Waals surface area contributed by atoms with E-state index in [0.717, 1.165) is 0 Å². The SMILES string of the molecule is O=[S+]([O-])(C1CCC(C(F)(F)F)CC1)N1CCC(NC2NC(NC3CCCC(C(F)(F)F)C3)NC(OCC(F)(F)F)N2)CC1. The van der Waals surface area contributed by atoms with E-state index >= 15 is 0 Å². The number of nitrogens with one attached hydrogen (secondary N) is 5. The zero-order valence-corrected chi connectivity index (χ0v) is 24.1. The fraction of sp³-hybridized carbons (Fsp3) is 1.00. The summed E-state index contributed by atoms with van der Waals surface area (Å²) in [5.41, 5.74) is 0. The summed E-state index contributed by atoms with van der Waals surface area (Å²) in [5, 5.41) is 13.8. The fourth-order valence-corrected chi connectivity index (χ4v) is 8.38. The molecule has 2 saturated heterocycles. The Bertz CT molecular complexity index is 943. The molecule has 0 bridgehead atoms. The van der Waals surface area contributed by atoms with Crippen LogP contribution in [0.1, 0.15) is 64.2 Å². The van der Waals surface area contributed by atoms with Crippen molar-refractivity contribution in [3.8, 4) is 0 Å². The third kappa shape index (κ3) is 10.1. The summed E-state index contributed by atoms with van der Waals surface area (Å²) in [5.74, 6) is -2.97. The zero-order valence-electron chi connectivity index (χ0n) is 23.3. The van der Waals surface area contributed by atoms with E-state index in [1.807, 2.05) is 0 Å². The van der Waals surface area contributed by atoms with Crippen LogP contribution in [0.15, 0.2) is 0 Å². The maximum absolute atomic E-state index is 13.3. The predicted molar refractivity (Wildman–Crippen MR) is 136 cm³/mol. The zero-order chi connectivity index (χ0) is 31.6. The molecule has 0 spiro atoms. The average molecular weight is 663 g/mol. The van der Waals surface area contributed by atoms with Crippen molar-refractivity contribution in [2.45, 2.75) is 119 Å². The van der Waals surface area contributed by atoms with Crippen LogP contribution in [0.3, 0.4) is 0 Å². The van der Waals surface area contributed by atoms with Crippen molar-refractivity contribution in [2.24, 2.45) is 11.8 Å². The summed E-state index contributed by atoms with van der Waals surface area (Å²) in [6.07, 6.45) is -15.7. The van der Waals surface area contributed by atoms with Gasteiger partial charge in [-0.15, -0.1) is 4.31 Å². The standard InChI is InChI=1S/C24H39F9N6O3S/c25-22(26,27)13-42-21-37-19(36-20(38-21)35-17-3-1-2-15(12-17)24(31,32)33)34-16-8-10-39(11-9-16)43(40,41)18-6-4-14(5-7-18)23(28,29)30/h14-21,34-38H,1-13H2. The van der Waals surface area contributed by atoms with Crippen molar-refractivity contribution < 1.29 is 53.0 Å². The van der Waals surface area contributed by atoms with Crippen LogP contribution in [-0.4, -0.2) is 83.3 Å². The van der Waals surface area contributed by atoms with E-state index in [4.69, 9.17) is 4.74 Å². The molecule has 0 radical (unpaired) electrons. The second-order valence-corrected chi connectivity index (χ2v) is 14.1. The summed E-state index contributed by atoms with van der Waals surface area (Å²) in [6, 6.07) is -0.837. The van der Waals surface area contributed by atoms with Crippen LogP contribution in [0.5, 0.6) is 0 Å². The van der Waals surface area contributed by atoms with Crippen LogP contribution in [0.4, 0.5) is 39.5 Å². The van der Waals surface area contributed by atoms with Crippen LogP contribution >= 0.6 is 0 Å². The molecule has 19 heteroatoms. The van der Waals surface area contributed by atoms with E-state index in [9.17, 15) is 48.3 Å². The maximum atomic E-state index is 13.3. The topological polar surface area (TPSA) is 113 Å². The molecule has 4 fully saturated rings. The molecule has 5 N–H and O–H groups in total. The minimum absolute atomic E-state index is 0.0134. The summed E-state index contributed by atoms with van der Waals surface area (Å²) in [6.45, 7) is -1.35. The van der Waals surface area contributed by atoms with Gasteiger partial charge >= 0.3 is 18.5 Å². The first kappa shape index (κ1) is 35.1. The quantitative estimate of drug-likeness (QED) is 0.198. The van der Waals surface area contributed by atoms with Gasteiger partial charge in [0.05, 0.1) is 11.8 Å². The number of rotatable bonds is 8. The van der Waals surface area contributed by atoms with Crippen LogP contribution in [0, 0.1) is 11.8 Å². The Morgan fingerprint density at radius 3 is 1.84 bits per heavy atom. The lowest BCUT2D eigenvalue weighted by Gasteiger charge is -2.44. The smallest absolute Gasteiger partial charge is 0.411 e. The van der Waals surface area contributed by atoms with E-state index in [1.165, 1.54) is 4.31 Å². The molecule has 252 valence electrons. The third-order valence-corrected chi connectivity index (χ3v) is 11.1. The van der Waals surface area contributed by atoms with Gasteiger partial charge in [0.15, 0.2) is 6.35 Å². The van der Waals surface area contributed by atoms with Gasteiger partial charge in [-0.25, -0.2) is 0 Å². The van der Waals surface area contributed by atoms with Gasteiger partial charge < -0.3 is 9.29 Å². The monoisotopic (exact) mass is 662 g/mol. The number of sulfonamides is 1. The summed E-state index contributed by atoms with van der Waals surface area (Å²) < 4.78 is 150. The molecule has 2 aliphatic carbocycles. The van der Waals surface area contributed by atoms with Gasteiger partial charge in [-0.3, -0.25) is 26.6 Å². The minimum atomic E-state index is -4.62. The molecule has 4 aliphatic rings. The van der Waals surface area contributed by atoms with Gasteiger partial charge in [0.1, 0.15) is 34.8 Å². The molecule has 4 rings (SSSR count). The van der Waals surface area contributed by atoms with Gasteiger partial charge in [-0.2, -0.15) is 39.5 Å². The molecule has 2 aliphatic heterocycles. The average Bonchev–Trinajstić information content (AvgIpc) is 2.91. The van der Waals surface area contributed by atoms with Crippen LogP contribution < -0.4 is 26.6 Å². The molecule has 2 heterocycles. The van der Waals surface area contributed by atoms with Crippen molar-refractivity contribution >= 4 is 10.4 Å². The molecule has 43 heavy (non-hydrogen) atoms. The molecule has 0 aromatic heterocycles. The van der Waals surface area contributed by atoms with Gasteiger partial charge in [0, 0.05) is 25.2 Å². The molecule has 0 aromatic rings. The van der Waals surface area contributed by atoms with E-state index in [1.54, 1.807) is 0 Å². The fourth-order valence-electron chi connectivity index (χ4n) is 6.37. The van der Waals surface area contributed by atoms with Crippen molar-refractivity contribution in [3.63, 3.8) is 0 Å². The summed E-state index contributed by atoms with van der Waals surface area (Å²) >= 11 is 0. The van der Waals surface area contributed by atoms with Gasteiger partial charge in [-0.1, -0.05) is 10.6 Å².